The highest BCUT2D eigenvalue weighted by molar-refractivity contribution is 7.99. The summed E-state index contributed by atoms with van der Waals surface area (Å²) in [4.78, 5) is 2.33. The van der Waals surface area contributed by atoms with Gasteiger partial charge in [-0.25, -0.2) is 0 Å². The first-order valence-electron chi connectivity index (χ1n) is 8.74. The van der Waals surface area contributed by atoms with E-state index in [1.54, 1.807) is 23.1 Å². The highest BCUT2D eigenvalue weighted by Gasteiger charge is 2.18. The molecule has 0 aliphatic carbocycles. The molecule has 0 spiro atoms. The Hall–Kier alpha value is -1.93. The topological polar surface area (TPSA) is 59.7 Å². The fourth-order valence-corrected chi connectivity index (χ4v) is 4.48. The van der Waals surface area contributed by atoms with Crippen LogP contribution in [0.15, 0.2) is 29.4 Å². The zero-order chi connectivity index (χ0) is 18.7. The second kappa shape index (κ2) is 8.18. The van der Waals surface area contributed by atoms with Gasteiger partial charge in [-0.1, -0.05) is 11.8 Å². The van der Waals surface area contributed by atoms with E-state index in [1.807, 2.05) is 18.5 Å². The van der Waals surface area contributed by atoms with Gasteiger partial charge < -0.3 is 9.47 Å². The summed E-state index contributed by atoms with van der Waals surface area (Å²) in [7, 11) is 2.01. The van der Waals surface area contributed by atoms with Crippen LogP contribution in [0.25, 0.3) is 11.4 Å². The Bertz CT molecular complexity index is 851. The molecule has 0 saturated heterocycles. The van der Waals surface area contributed by atoms with Gasteiger partial charge in [-0.05, 0) is 52.0 Å². The lowest BCUT2D eigenvalue weighted by Gasteiger charge is -2.21. The summed E-state index contributed by atoms with van der Waals surface area (Å²) < 4.78 is 2.04. The van der Waals surface area contributed by atoms with Crippen LogP contribution in [0.4, 0.5) is 5.69 Å². The zero-order valence-corrected chi connectivity index (χ0v) is 17.4. The maximum absolute atomic E-state index is 4.40. The van der Waals surface area contributed by atoms with E-state index in [0.717, 1.165) is 39.6 Å². The largest absolute Gasteiger partial charge is 0.372 e. The molecule has 0 unspecified atom stereocenters. The third-order valence-corrected chi connectivity index (χ3v) is 6.57. The number of benzene rings is 1. The van der Waals surface area contributed by atoms with E-state index in [-0.39, 0.29) is 5.25 Å². The van der Waals surface area contributed by atoms with Gasteiger partial charge in [0.15, 0.2) is 11.0 Å². The maximum atomic E-state index is 4.40. The van der Waals surface area contributed by atoms with Gasteiger partial charge in [0.1, 0.15) is 10.0 Å². The molecule has 8 heteroatoms. The van der Waals surface area contributed by atoms with E-state index in [9.17, 15) is 0 Å². The van der Waals surface area contributed by atoms with Crippen molar-refractivity contribution < 1.29 is 0 Å². The fourth-order valence-electron chi connectivity index (χ4n) is 2.76. The van der Waals surface area contributed by atoms with Crippen molar-refractivity contribution in [1.82, 2.24) is 25.0 Å². The predicted molar refractivity (Wildman–Crippen MR) is 109 cm³/mol. The number of aryl methyl sites for hydroxylation is 1. The predicted octanol–water partition coefficient (Wildman–Crippen LogP) is 4.34. The Morgan fingerprint density at radius 2 is 1.77 bits per heavy atom. The molecule has 26 heavy (non-hydrogen) atoms. The van der Waals surface area contributed by atoms with Gasteiger partial charge in [0.05, 0.1) is 5.25 Å². The molecule has 0 aliphatic heterocycles. The van der Waals surface area contributed by atoms with Crippen LogP contribution in [0.3, 0.4) is 0 Å². The minimum Gasteiger partial charge on any atom is -0.372 e. The molecule has 138 valence electrons. The molecule has 1 aromatic carbocycles. The Kier molecular flexibility index (Phi) is 5.93. The molecule has 0 bridgehead atoms. The first kappa shape index (κ1) is 18.8. The molecule has 0 fully saturated rings. The maximum Gasteiger partial charge on any atom is 0.191 e. The summed E-state index contributed by atoms with van der Waals surface area (Å²) in [5.41, 5.74) is 2.30. The lowest BCUT2D eigenvalue weighted by molar-refractivity contribution is 0.789. The van der Waals surface area contributed by atoms with Crippen LogP contribution in [-0.2, 0) is 7.05 Å². The van der Waals surface area contributed by atoms with Crippen LogP contribution >= 0.6 is 23.1 Å². The van der Waals surface area contributed by atoms with Crippen molar-refractivity contribution >= 4 is 28.8 Å². The first-order chi connectivity index (χ1) is 12.5. The van der Waals surface area contributed by atoms with Gasteiger partial charge in [0, 0.05) is 31.4 Å². The van der Waals surface area contributed by atoms with Crippen molar-refractivity contribution in [3.8, 4) is 11.4 Å². The van der Waals surface area contributed by atoms with Crippen molar-refractivity contribution in [2.45, 2.75) is 38.1 Å². The van der Waals surface area contributed by atoms with Crippen molar-refractivity contribution in [1.29, 1.82) is 0 Å². The molecule has 3 rings (SSSR count). The van der Waals surface area contributed by atoms with E-state index in [0.29, 0.717) is 0 Å². The van der Waals surface area contributed by atoms with Crippen LogP contribution in [0.2, 0.25) is 0 Å². The van der Waals surface area contributed by atoms with Gasteiger partial charge in [-0.2, -0.15) is 0 Å². The molecule has 6 nitrogen and oxygen atoms in total. The third kappa shape index (κ3) is 3.91. The van der Waals surface area contributed by atoms with Crippen LogP contribution in [-0.4, -0.2) is 38.1 Å². The summed E-state index contributed by atoms with van der Waals surface area (Å²) in [6.45, 7) is 10.4. The summed E-state index contributed by atoms with van der Waals surface area (Å²) in [6.07, 6.45) is 0. The molecule has 0 saturated carbocycles. The number of rotatable bonds is 7. The van der Waals surface area contributed by atoms with Gasteiger partial charge in [-0.15, -0.1) is 31.7 Å². The Morgan fingerprint density at radius 3 is 2.35 bits per heavy atom. The van der Waals surface area contributed by atoms with Crippen molar-refractivity contribution in [3.63, 3.8) is 0 Å². The molecule has 2 heterocycles. The van der Waals surface area contributed by atoms with Crippen molar-refractivity contribution in [2.75, 3.05) is 18.0 Å². The zero-order valence-electron chi connectivity index (χ0n) is 15.8. The molecule has 0 amide bonds. The Morgan fingerprint density at radius 1 is 1.08 bits per heavy atom. The average Bonchev–Trinajstić information content (AvgIpc) is 3.23. The van der Waals surface area contributed by atoms with Crippen molar-refractivity contribution in [3.05, 3.63) is 34.3 Å². The molecule has 1 atom stereocenters. The first-order valence-corrected chi connectivity index (χ1v) is 10.4. The number of hydrogen-bond donors (Lipinski definition) is 0. The number of anilines is 1. The average molecular weight is 389 g/mol. The highest BCUT2D eigenvalue weighted by atomic mass is 32.2. The summed E-state index contributed by atoms with van der Waals surface area (Å²) in [6, 6.07) is 8.53. The number of thioether (sulfide) groups is 1. The van der Waals surface area contributed by atoms with Gasteiger partial charge in [-0.3, -0.25) is 0 Å². The molecule has 2 aromatic heterocycles. The highest BCUT2D eigenvalue weighted by Crippen LogP contribution is 2.36. The number of nitrogens with zero attached hydrogens (tertiary/aromatic N) is 6. The normalized spacial score (nSPS) is 12.3. The van der Waals surface area contributed by atoms with Crippen LogP contribution in [0, 0.1) is 6.92 Å². The minimum absolute atomic E-state index is 0.196. The van der Waals surface area contributed by atoms with E-state index < -0.39 is 0 Å². The molecule has 0 N–H and O–H groups in total. The minimum atomic E-state index is 0.196. The molecule has 0 radical (unpaired) electrons. The monoisotopic (exact) mass is 388 g/mol. The SMILES string of the molecule is CCN(CC)c1ccc(-c2nnc(S[C@@H](C)c3nnc(C)s3)n2C)cc1. The van der Waals surface area contributed by atoms with E-state index in [1.165, 1.54) is 5.69 Å². The van der Waals surface area contributed by atoms with Crippen LogP contribution < -0.4 is 4.90 Å². The third-order valence-electron chi connectivity index (χ3n) is 4.26. The molecular weight excluding hydrogens is 364 g/mol. The molecular formula is C18H24N6S2. The Labute approximate surface area is 162 Å². The lowest BCUT2D eigenvalue weighted by atomic mass is 10.2. The standard InChI is InChI=1S/C18H24N6S2/c1-6-24(7-2)15-10-8-14(9-11-15)16-20-22-18(23(16)5)25-12(3)17-21-19-13(4)26-17/h8-12H,6-7H2,1-5H3/t12-/m0/s1. The second-order valence-electron chi connectivity index (χ2n) is 6.00. The number of aromatic nitrogens is 5. The van der Waals surface area contributed by atoms with Gasteiger partial charge >= 0.3 is 0 Å². The van der Waals surface area contributed by atoms with Gasteiger partial charge in [0.25, 0.3) is 0 Å². The van der Waals surface area contributed by atoms with Crippen molar-refractivity contribution in [2.24, 2.45) is 7.05 Å². The smallest absolute Gasteiger partial charge is 0.191 e. The number of hydrogen-bond acceptors (Lipinski definition) is 7. The van der Waals surface area contributed by atoms with Crippen LogP contribution in [0.5, 0.6) is 0 Å². The molecule has 0 aliphatic rings. The van der Waals surface area contributed by atoms with E-state index >= 15 is 0 Å². The lowest BCUT2D eigenvalue weighted by Crippen LogP contribution is -2.21. The summed E-state index contributed by atoms with van der Waals surface area (Å²) in [5, 5.41) is 20.2. The van der Waals surface area contributed by atoms with E-state index in [2.05, 4.69) is 70.3 Å². The van der Waals surface area contributed by atoms with Crippen LogP contribution in [0.1, 0.15) is 36.0 Å². The molecule has 3 aromatic rings. The van der Waals surface area contributed by atoms with E-state index in [4.69, 9.17) is 0 Å². The van der Waals surface area contributed by atoms with Gasteiger partial charge in [0.2, 0.25) is 0 Å². The summed E-state index contributed by atoms with van der Waals surface area (Å²) in [5.74, 6) is 0.874. The summed E-state index contributed by atoms with van der Waals surface area (Å²) >= 11 is 3.28. The quantitative estimate of drug-likeness (QED) is 0.561. The Balaban J connectivity index is 1.78. The fraction of sp³-hybridized carbons (Fsp3) is 0.444. The second-order valence-corrected chi connectivity index (χ2v) is 8.52.